The van der Waals surface area contributed by atoms with E-state index in [2.05, 4.69) is 22.1 Å². The minimum Gasteiger partial charge on any atom is -0.326 e. The van der Waals surface area contributed by atoms with E-state index in [0.717, 1.165) is 38.5 Å². The van der Waals surface area contributed by atoms with E-state index < -0.39 is 0 Å². The Morgan fingerprint density at radius 1 is 0.913 bits per heavy atom. The number of aryl methyl sites for hydroxylation is 1. The third kappa shape index (κ3) is 2.30. The predicted molar refractivity (Wildman–Crippen MR) is 93.9 cm³/mol. The summed E-state index contributed by atoms with van der Waals surface area (Å²) in [4.78, 5) is 19.9. The first kappa shape index (κ1) is 13.7. The number of rotatable bonds is 2. The van der Waals surface area contributed by atoms with Crippen LogP contribution in [0.2, 0.25) is 0 Å². The van der Waals surface area contributed by atoms with Crippen LogP contribution in [0, 0.1) is 6.92 Å². The third-order valence-corrected chi connectivity index (χ3v) is 4.34. The largest absolute Gasteiger partial charge is 0.326 e. The van der Waals surface area contributed by atoms with Crippen LogP contribution in [0.1, 0.15) is 16.8 Å². The number of hydrogen-bond acceptors (Lipinski definition) is 2. The van der Waals surface area contributed by atoms with Gasteiger partial charge in [0.1, 0.15) is 0 Å². The van der Waals surface area contributed by atoms with Gasteiger partial charge in [0.2, 0.25) is 0 Å². The first-order valence-corrected chi connectivity index (χ1v) is 7.67. The van der Waals surface area contributed by atoms with Crippen molar-refractivity contribution < 1.29 is 0 Å². The maximum Gasteiger partial charge on any atom is 0.252 e. The number of pyridine rings is 2. The SMILES string of the molecule is Cc1[nH]c(=O)c(Cc2ccnc3ccccc23)c2ccccc12. The molecule has 0 aliphatic heterocycles. The molecule has 4 rings (SSSR count). The van der Waals surface area contributed by atoms with Crippen molar-refractivity contribution >= 4 is 21.7 Å². The number of aromatic amines is 1. The quantitative estimate of drug-likeness (QED) is 0.608. The Morgan fingerprint density at radius 3 is 2.43 bits per heavy atom. The van der Waals surface area contributed by atoms with Crippen LogP contribution >= 0.6 is 0 Å². The van der Waals surface area contributed by atoms with Crippen molar-refractivity contribution in [2.75, 3.05) is 0 Å². The molecule has 0 fully saturated rings. The van der Waals surface area contributed by atoms with Gasteiger partial charge in [-0.05, 0) is 30.0 Å². The zero-order chi connectivity index (χ0) is 15.8. The Labute approximate surface area is 133 Å². The molecule has 23 heavy (non-hydrogen) atoms. The third-order valence-electron chi connectivity index (χ3n) is 4.34. The number of benzene rings is 2. The van der Waals surface area contributed by atoms with E-state index in [0.29, 0.717) is 6.42 Å². The Bertz CT molecular complexity index is 1070. The summed E-state index contributed by atoms with van der Waals surface area (Å²) in [5, 5.41) is 3.22. The lowest BCUT2D eigenvalue weighted by atomic mass is 9.97. The van der Waals surface area contributed by atoms with Crippen molar-refractivity contribution in [3.8, 4) is 0 Å². The number of fused-ring (bicyclic) bond motifs is 2. The summed E-state index contributed by atoms with van der Waals surface area (Å²) in [6.07, 6.45) is 2.40. The molecule has 2 aromatic heterocycles. The van der Waals surface area contributed by atoms with E-state index in [-0.39, 0.29) is 5.56 Å². The number of nitrogens with one attached hydrogen (secondary N) is 1. The van der Waals surface area contributed by atoms with E-state index in [9.17, 15) is 4.79 Å². The summed E-state index contributed by atoms with van der Waals surface area (Å²) in [7, 11) is 0. The normalized spacial score (nSPS) is 11.2. The summed E-state index contributed by atoms with van der Waals surface area (Å²) in [5.41, 5.74) is 3.78. The monoisotopic (exact) mass is 300 g/mol. The van der Waals surface area contributed by atoms with E-state index in [1.165, 1.54) is 0 Å². The van der Waals surface area contributed by atoms with E-state index >= 15 is 0 Å². The number of nitrogens with zero attached hydrogens (tertiary/aromatic N) is 1. The molecule has 0 unspecified atom stereocenters. The molecular weight excluding hydrogens is 284 g/mol. The Hall–Kier alpha value is -2.94. The van der Waals surface area contributed by atoms with Crippen molar-refractivity contribution in [2.24, 2.45) is 0 Å². The van der Waals surface area contributed by atoms with Gasteiger partial charge in [-0.25, -0.2) is 0 Å². The smallest absolute Gasteiger partial charge is 0.252 e. The van der Waals surface area contributed by atoms with Crippen molar-refractivity contribution in [1.82, 2.24) is 9.97 Å². The number of H-pyrrole nitrogens is 1. The molecule has 2 heterocycles. The standard InChI is InChI=1S/C20H16N2O/c1-13-15-6-2-3-8-17(15)18(20(23)22-13)12-14-10-11-21-19-9-5-4-7-16(14)19/h2-11H,12H2,1H3,(H,22,23). The second-order valence-electron chi connectivity index (χ2n) is 5.77. The van der Waals surface area contributed by atoms with Crippen LogP contribution in [-0.4, -0.2) is 9.97 Å². The van der Waals surface area contributed by atoms with Crippen LogP contribution in [-0.2, 0) is 6.42 Å². The fraction of sp³-hybridized carbons (Fsp3) is 0.100. The summed E-state index contributed by atoms with van der Waals surface area (Å²) in [5.74, 6) is 0. The number of para-hydroxylation sites is 1. The van der Waals surface area contributed by atoms with Crippen molar-refractivity contribution in [3.63, 3.8) is 0 Å². The maximum atomic E-state index is 12.5. The van der Waals surface area contributed by atoms with Crippen LogP contribution in [0.5, 0.6) is 0 Å². The molecule has 0 bridgehead atoms. The van der Waals surface area contributed by atoms with Gasteiger partial charge < -0.3 is 4.98 Å². The van der Waals surface area contributed by atoms with Crippen LogP contribution in [0.15, 0.2) is 65.6 Å². The molecule has 2 aromatic carbocycles. The molecule has 0 aliphatic carbocycles. The van der Waals surface area contributed by atoms with Crippen LogP contribution in [0.25, 0.3) is 21.7 Å². The summed E-state index contributed by atoms with van der Waals surface area (Å²) in [6, 6.07) is 18.1. The summed E-state index contributed by atoms with van der Waals surface area (Å²) < 4.78 is 0. The Morgan fingerprint density at radius 2 is 1.61 bits per heavy atom. The summed E-state index contributed by atoms with van der Waals surface area (Å²) in [6.45, 7) is 1.94. The lowest BCUT2D eigenvalue weighted by Crippen LogP contribution is -2.15. The molecule has 0 saturated carbocycles. The first-order chi connectivity index (χ1) is 11.2. The second kappa shape index (κ2) is 5.36. The maximum absolute atomic E-state index is 12.5. The highest BCUT2D eigenvalue weighted by Crippen LogP contribution is 2.23. The highest BCUT2D eigenvalue weighted by Gasteiger charge is 2.11. The van der Waals surface area contributed by atoms with Crippen LogP contribution in [0.3, 0.4) is 0 Å². The van der Waals surface area contributed by atoms with Gasteiger partial charge in [0.25, 0.3) is 5.56 Å². The molecule has 3 nitrogen and oxygen atoms in total. The highest BCUT2D eigenvalue weighted by atomic mass is 16.1. The van der Waals surface area contributed by atoms with E-state index in [4.69, 9.17) is 0 Å². The van der Waals surface area contributed by atoms with Crippen LogP contribution in [0.4, 0.5) is 0 Å². The Kier molecular flexibility index (Phi) is 3.19. The topological polar surface area (TPSA) is 45.8 Å². The minimum absolute atomic E-state index is 0.0120. The molecule has 112 valence electrons. The van der Waals surface area contributed by atoms with Gasteiger partial charge in [-0.2, -0.15) is 0 Å². The van der Waals surface area contributed by atoms with Gasteiger partial charge in [0.05, 0.1) is 5.52 Å². The summed E-state index contributed by atoms with van der Waals surface area (Å²) >= 11 is 0. The highest BCUT2D eigenvalue weighted by molar-refractivity contribution is 5.88. The van der Waals surface area contributed by atoms with E-state index in [1.54, 1.807) is 0 Å². The minimum atomic E-state index is -0.0120. The zero-order valence-corrected chi connectivity index (χ0v) is 12.8. The van der Waals surface area contributed by atoms with Crippen molar-refractivity contribution in [1.29, 1.82) is 0 Å². The molecule has 4 aromatic rings. The average Bonchev–Trinajstić information content (AvgIpc) is 2.59. The van der Waals surface area contributed by atoms with Gasteiger partial charge in [0.15, 0.2) is 0 Å². The molecule has 0 saturated heterocycles. The molecular formula is C20H16N2O. The fourth-order valence-electron chi connectivity index (χ4n) is 3.18. The van der Waals surface area contributed by atoms with Gasteiger partial charge in [-0.3, -0.25) is 9.78 Å². The van der Waals surface area contributed by atoms with Gasteiger partial charge in [0, 0.05) is 34.6 Å². The average molecular weight is 300 g/mol. The molecule has 0 spiro atoms. The fourth-order valence-corrected chi connectivity index (χ4v) is 3.18. The molecule has 0 amide bonds. The number of hydrogen-bond donors (Lipinski definition) is 1. The van der Waals surface area contributed by atoms with Gasteiger partial charge >= 0.3 is 0 Å². The lowest BCUT2D eigenvalue weighted by molar-refractivity contribution is 1.09. The zero-order valence-electron chi connectivity index (χ0n) is 12.8. The first-order valence-electron chi connectivity index (χ1n) is 7.67. The van der Waals surface area contributed by atoms with Crippen molar-refractivity contribution in [3.05, 3.63) is 88.0 Å². The van der Waals surface area contributed by atoms with E-state index in [1.807, 2.05) is 55.6 Å². The van der Waals surface area contributed by atoms with Gasteiger partial charge in [-0.15, -0.1) is 0 Å². The Balaban J connectivity index is 1.95. The van der Waals surface area contributed by atoms with Crippen LogP contribution < -0.4 is 5.56 Å². The van der Waals surface area contributed by atoms with Gasteiger partial charge in [-0.1, -0.05) is 42.5 Å². The molecule has 1 N–H and O–H groups in total. The molecule has 0 radical (unpaired) electrons. The molecule has 0 aliphatic rings. The molecule has 0 atom stereocenters. The number of aromatic nitrogens is 2. The second-order valence-corrected chi connectivity index (χ2v) is 5.77. The lowest BCUT2D eigenvalue weighted by Gasteiger charge is -2.10. The predicted octanol–water partition coefficient (Wildman–Crippen LogP) is 3.98. The van der Waals surface area contributed by atoms with Crippen molar-refractivity contribution in [2.45, 2.75) is 13.3 Å². The molecule has 3 heteroatoms.